The molecular formula is C68H46BN3. The number of nitrogens with two attached hydrogens (primary N) is 1. The zero-order valence-electron chi connectivity index (χ0n) is 39.6. The minimum atomic E-state index is -0.165. The first-order chi connectivity index (χ1) is 35.6. The van der Waals surface area contributed by atoms with Crippen LogP contribution in [0.25, 0.3) is 87.5 Å². The number of para-hydroxylation sites is 1. The van der Waals surface area contributed by atoms with Gasteiger partial charge in [0.2, 0.25) is 0 Å². The van der Waals surface area contributed by atoms with Crippen LogP contribution in [0.2, 0.25) is 0 Å². The molecule has 13 aromatic rings. The second kappa shape index (κ2) is 16.0. The SMILES string of the molecule is Nc1cc2c3c(c1)N(c1cc(-c4ccccc4)cc(-c4ccccc4)c1)c1cc4c(Cc5ccccc5)c5ccccc5c(Cc5ccccc5)c4cc1B3n1c3ccccc3c3c4ccccc4cc-2c31. The molecule has 0 radical (unpaired) electrons. The number of fused-ring (bicyclic) bond motifs is 11. The monoisotopic (exact) mass is 915 g/mol. The first kappa shape index (κ1) is 40.7. The molecule has 0 saturated carbocycles. The van der Waals surface area contributed by atoms with Crippen molar-refractivity contribution < 1.29 is 0 Å². The van der Waals surface area contributed by atoms with Crippen LogP contribution in [0.1, 0.15) is 22.3 Å². The lowest BCUT2D eigenvalue weighted by molar-refractivity contribution is 1.20. The van der Waals surface area contributed by atoms with E-state index in [0.717, 1.165) is 46.7 Å². The smallest absolute Gasteiger partial charge is 0.333 e. The highest BCUT2D eigenvalue weighted by Crippen LogP contribution is 2.50. The summed E-state index contributed by atoms with van der Waals surface area (Å²) in [5, 5.41) is 10.2. The van der Waals surface area contributed by atoms with Crippen LogP contribution in [0.4, 0.5) is 22.7 Å². The molecule has 2 aliphatic rings. The Morgan fingerprint density at radius 2 is 0.917 bits per heavy atom. The lowest BCUT2D eigenvalue weighted by Gasteiger charge is -2.41. The average molecular weight is 916 g/mol. The normalized spacial score (nSPS) is 12.6. The van der Waals surface area contributed by atoms with E-state index in [9.17, 15) is 0 Å². The average Bonchev–Trinajstić information content (AvgIpc) is 3.79. The minimum Gasteiger partial charge on any atom is -0.399 e. The number of anilines is 4. The molecule has 1 aromatic heterocycles. The number of hydrogen-bond acceptors (Lipinski definition) is 2. The molecule has 72 heavy (non-hydrogen) atoms. The maximum absolute atomic E-state index is 7.29. The van der Waals surface area contributed by atoms with Gasteiger partial charge in [-0.25, -0.2) is 0 Å². The highest BCUT2D eigenvalue weighted by molar-refractivity contribution is 6.90. The van der Waals surface area contributed by atoms with E-state index in [1.54, 1.807) is 0 Å². The summed E-state index contributed by atoms with van der Waals surface area (Å²) in [7, 11) is 0. The maximum Gasteiger partial charge on any atom is 0.333 e. The van der Waals surface area contributed by atoms with E-state index in [1.165, 1.54) is 110 Å². The Balaban J connectivity index is 1.13. The van der Waals surface area contributed by atoms with E-state index in [-0.39, 0.29) is 6.85 Å². The van der Waals surface area contributed by atoms with Crippen molar-refractivity contribution in [2.45, 2.75) is 12.8 Å². The van der Waals surface area contributed by atoms with Gasteiger partial charge in [0.1, 0.15) is 0 Å². The Kier molecular flexibility index (Phi) is 9.03. The van der Waals surface area contributed by atoms with Gasteiger partial charge in [-0.15, -0.1) is 0 Å². The topological polar surface area (TPSA) is 34.2 Å². The van der Waals surface area contributed by atoms with E-state index < -0.39 is 0 Å². The molecule has 0 fully saturated rings. The van der Waals surface area contributed by atoms with Gasteiger partial charge in [0.25, 0.3) is 0 Å². The van der Waals surface area contributed by atoms with Crippen molar-refractivity contribution in [3.63, 3.8) is 0 Å². The second-order valence-corrected chi connectivity index (χ2v) is 19.8. The summed E-state index contributed by atoms with van der Waals surface area (Å²) in [6.07, 6.45) is 1.60. The van der Waals surface area contributed by atoms with Gasteiger partial charge in [-0.2, -0.15) is 0 Å². The number of nitrogen functional groups attached to an aromatic ring is 1. The molecule has 2 aliphatic heterocycles. The van der Waals surface area contributed by atoms with E-state index >= 15 is 0 Å². The number of aromatic nitrogens is 1. The van der Waals surface area contributed by atoms with Gasteiger partial charge in [-0.3, -0.25) is 0 Å². The van der Waals surface area contributed by atoms with Crippen molar-refractivity contribution >= 4 is 94.6 Å². The zero-order chi connectivity index (χ0) is 47.4. The second-order valence-electron chi connectivity index (χ2n) is 19.8. The molecule has 0 atom stereocenters. The van der Waals surface area contributed by atoms with Crippen molar-refractivity contribution in [1.82, 2.24) is 4.48 Å². The summed E-state index contributed by atoms with van der Waals surface area (Å²) in [4.78, 5) is 2.56. The highest BCUT2D eigenvalue weighted by atomic mass is 15.2. The highest BCUT2D eigenvalue weighted by Gasteiger charge is 2.44. The van der Waals surface area contributed by atoms with E-state index in [1.807, 2.05) is 0 Å². The predicted molar refractivity (Wildman–Crippen MR) is 306 cm³/mol. The number of hydrogen-bond donors (Lipinski definition) is 1. The first-order valence-electron chi connectivity index (χ1n) is 25.2. The van der Waals surface area contributed by atoms with Crippen LogP contribution in [-0.2, 0) is 12.8 Å². The molecule has 336 valence electrons. The molecule has 15 rings (SSSR count). The van der Waals surface area contributed by atoms with Crippen molar-refractivity contribution in [2.75, 3.05) is 10.6 Å². The fourth-order valence-electron chi connectivity index (χ4n) is 12.7. The van der Waals surface area contributed by atoms with Gasteiger partial charge in [-0.05, 0) is 155 Å². The van der Waals surface area contributed by atoms with E-state index in [4.69, 9.17) is 5.73 Å². The van der Waals surface area contributed by atoms with Gasteiger partial charge in [0, 0.05) is 50.1 Å². The molecule has 3 heterocycles. The maximum atomic E-state index is 7.29. The molecule has 0 saturated heterocycles. The molecule has 4 heteroatoms. The first-order valence-corrected chi connectivity index (χ1v) is 25.2. The fourth-order valence-corrected chi connectivity index (χ4v) is 12.7. The number of rotatable bonds is 7. The van der Waals surface area contributed by atoms with Gasteiger partial charge >= 0.3 is 6.85 Å². The Labute approximate surface area is 418 Å². The molecule has 0 unspecified atom stereocenters. The van der Waals surface area contributed by atoms with Crippen molar-refractivity contribution in [1.29, 1.82) is 0 Å². The van der Waals surface area contributed by atoms with Crippen LogP contribution in [0.15, 0.2) is 243 Å². The quantitative estimate of drug-likeness (QED) is 0.0982. The van der Waals surface area contributed by atoms with Crippen LogP contribution < -0.4 is 21.6 Å². The van der Waals surface area contributed by atoms with Crippen LogP contribution in [0.3, 0.4) is 0 Å². The molecule has 12 aromatic carbocycles. The van der Waals surface area contributed by atoms with E-state index in [0.29, 0.717) is 0 Å². The lowest BCUT2D eigenvalue weighted by atomic mass is 9.45. The van der Waals surface area contributed by atoms with Gasteiger partial charge < -0.3 is 15.1 Å². The minimum absolute atomic E-state index is 0.165. The van der Waals surface area contributed by atoms with E-state index in [2.05, 4.69) is 252 Å². The third kappa shape index (κ3) is 6.19. The Hall–Kier alpha value is -9.12. The summed E-state index contributed by atoms with van der Waals surface area (Å²) < 4.78 is 2.69. The third-order valence-electron chi connectivity index (χ3n) is 15.7. The summed E-state index contributed by atoms with van der Waals surface area (Å²) in [5.41, 5.74) is 28.7. The molecule has 0 aliphatic carbocycles. The summed E-state index contributed by atoms with van der Waals surface area (Å²) in [6.45, 7) is -0.165. The summed E-state index contributed by atoms with van der Waals surface area (Å²) in [6, 6.07) is 90.0. The lowest BCUT2D eigenvalue weighted by Crippen LogP contribution is -2.56. The molecular weight excluding hydrogens is 870 g/mol. The van der Waals surface area contributed by atoms with Crippen LogP contribution in [0.5, 0.6) is 0 Å². The van der Waals surface area contributed by atoms with Gasteiger partial charge in [-0.1, -0.05) is 194 Å². The van der Waals surface area contributed by atoms with Crippen molar-refractivity contribution in [3.8, 4) is 33.4 Å². The van der Waals surface area contributed by atoms with Crippen molar-refractivity contribution in [2.24, 2.45) is 0 Å². The molecule has 2 N–H and O–H groups in total. The number of nitrogens with zero attached hydrogens (tertiary/aromatic N) is 2. The van der Waals surface area contributed by atoms with Crippen LogP contribution in [0, 0.1) is 0 Å². The molecule has 0 amide bonds. The molecule has 0 bridgehead atoms. The zero-order valence-corrected chi connectivity index (χ0v) is 39.6. The molecule has 3 nitrogen and oxygen atoms in total. The van der Waals surface area contributed by atoms with Gasteiger partial charge in [0.05, 0.1) is 0 Å². The summed E-state index contributed by atoms with van der Waals surface area (Å²) >= 11 is 0. The van der Waals surface area contributed by atoms with Crippen molar-refractivity contribution in [3.05, 3.63) is 265 Å². The third-order valence-corrected chi connectivity index (χ3v) is 15.7. The van der Waals surface area contributed by atoms with Crippen LogP contribution >= 0.6 is 0 Å². The predicted octanol–water partition coefficient (Wildman–Crippen LogP) is 15.8. The Morgan fingerprint density at radius 3 is 1.54 bits per heavy atom. The fraction of sp³-hybridized carbons (Fsp3) is 0.0294. The summed E-state index contributed by atoms with van der Waals surface area (Å²) in [5.74, 6) is 0. The Bertz CT molecular complexity index is 4280. The number of benzene rings is 12. The standard InChI is InChI=1S/C68H46BN3/c70-50-39-60-61-38-47-27-13-14-28-52(47)66-55-31-17-18-32-63(55)72(68(61)66)69-62-41-58-56(33-43-19-5-1-6-20-43)53-29-15-16-30-54(53)57(34-44-21-7-2-8-22-44)59(58)42-64(62)71(65(40-50)67(60)69)51-36-48(45-23-9-3-10-24-45)35-49(37-51)46-25-11-4-12-26-46/h1-32,35-42H,33-34,70H2. The van der Waals surface area contributed by atoms with Crippen LogP contribution in [-0.4, -0.2) is 11.3 Å². The molecule has 0 spiro atoms. The van der Waals surface area contributed by atoms with Gasteiger partial charge in [0.15, 0.2) is 0 Å². The Morgan fingerprint density at radius 1 is 0.389 bits per heavy atom. The largest absolute Gasteiger partial charge is 0.399 e.